The molecule has 1 aromatic carbocycles. The second-order valence-corrected chi connectivity index (χ2v) is 5.74. The highest BCUT2D eigenvalue weighted by Crippen LogP contribution is 2.17. The van der Waals surface area contributed by atoms with Crippen LogP contribution in [0.2, 0.25) is 0 Å². The Labute approximate surface area is 127 Å². The number of nitrogens with one attached hydrogen (secondary N) is 1. The second kappa shape index (κ2) is 7.85. The minimum Gasteiger partial charge on any atom is -0.480 e. The molecule has 0 bridgehead atoms. The molecule has 0 aliphatic carbocycles. The smallest absolute Gasteiger partial charge is 0.326 e. The van der Waals surface area contributed by atoms with E-state index in [1.165, 1.54) is 6.08 Å². The summed E-state index contributed by atoms with van der Waals surface area (Å²) in [6.45, 7) is 3.83. The number of hydrogen-bond acceptors (Lipinski definition) is 2. The van der Waals surface area contributed by atoms with Crippen LogP contribution in [-0.4, -0.2) is 23.0 Å². The first kappa shape index (κ1) is 16.4. The molecule has 0 saturated carbocycles. The van der Waals surface area contributed by atoms with Crippen LogP contribution in [0.4, 0.5) is 0 Å². The van der Waals surface area contributed by atoms with Crippen molar-refractivity contribution >= 4 is 33.9 Å². The van der Waals surface area contributed by atoms with Crippen LogP contribution < -0.4 is 5.32 Å². The van der Waals surface area contributed by atoms with E-state index in [1.54, 1.807) is 6.08 Å². The number of halogens is 1. The van der Waals surface area contributed by atoms with Crippen molar-refractivity contribution in [3.05, 3.63) is 40.4 Å². The van der Waals surface area contributed by atoms with Gasteiger partial charge < -0.3 is 10.4 Å². The molecule has 5 heteroatoms. The topological polar surface area (TPSA) is 66.4 Å². The van der Waals surface area contributed by atoms with Crippen LogP contribution >= 0.6 is 15.9 Å². The van der Waals surface area contributed by atoms with Crippen LogP contribution in [0, 0.1) is 5.92 Å². The highest BCUT2D eigenvalue weighted by Gasteiger charge is 2.19. The molecule has 1 amide bonds. The predicted molar refractivity (Wildman–Crippen MR) is 82.2 cm³/mol. The maximum absolute atomic E-state index is 11.7. The van der Waals surface area contributed by atoms with Crippen LogP contribution in [0.3, 0.4) is 0 Å². The summed E-state index contributed by atoms with van der Waals surface area (Å²) in [6.07, 6.45) is 3.40. The molecule has 0 radical (unpaired) electrons. The highest BCUT2D eigenvalue weighted by molar-refractivity contribution is 9.10. The van der Waals surface area contributed by atoms with Crippen LogP contribution in [0.15, 0.2) is 34.8 Å². The summed E-state index contributed by atoms with van der Waals surface area (Å²) in [4.78, 5) is 22.8. The molecule has 108 valence electrons. The summed E-state index contributed by atoms with van der Waals surface area (Å²) in [5.41, 5.74) is 0.860. The Balaban J connectivity index is 2.66. The number of carbonyl (C=O) groups is 2. The second-order valence-electron chi connectivity index (χ2n) is 4.88. The summed E-state index contributed by atoms with van der Waals surface area (Å²) < 4.78 is 0.876. The van der Waals surface area contributed by atoms with Crippen molar-refractivity contribution in [3.63, 3.8) is 0 Å². The minimum absolute atomic E-state index is 0.198. The number of aliphatic carboxylic acids is 1. The number of amides is 1. The first-order valence-corrected chi connectivity index (χ1v) is 7.15. The number of rotatable bonds is 6. The Bertz CT molecular complexity index is 512. The van der Waals surface area contributed by atoms with Crippen molar-refractivity contribution in [2.45, 2.75) is 26.3 Å². The highest BCUT2D eigenvalue weighted by atomic mass is 79.9. The Hall–Kier alpha value is -1.62. The summed E-state index contributed by atoms with van der Waals surface area (Å²) >= 11 is 3.38. The average Bonchev–Trinajstić information content (AvgIpc) is 2.36. The van der Waals surface area contributed by atoms with Gasteiger partial charge >= 0.3 is 5.97 Å². The zero-order valence-electron chi connectivity index (χ0n) is 11.5. The van der Waals surface area contributed by atoms with E-state index >= 15 is 0 Å². The van der Waals surface area contributed by atoms with E-state index in [9.17, 15) is 9.59 Å². The molecule has 0 aromatic heterocycles. The maximum Gasteiger partial charge on any atom is 0.326 e. The largest absolute Gasteiger partial charge is 0.480 e. The van der Waals surface area contributed by atoms with Crippen molar-refractivity contribution in [1.82, 2.24) is 5.32 Å². The molecule has 0 aliphatic heterocycles. The van der Waals surface area contributed by atoms with Gasteiger partial charge in [-0.05, 0) is 30.0 Å². The normalized spacial score (nSPS) is 12.6. The lowest BCUT2D eigenvalue weighted by atomic mass is 10.0. The number of carboxylic acids is 1. The van der Waals surface area contributed by atoms with Crippen LogP contribution in [0.5, 0.6) is 0 Å². The lowest BCUT2D eigenvalue weighted by Crippen LogP contribution is -2.40. The number of benzene rings is 1. The Morgan fingerprint density at radius 2 is 2.00 bits per heavy atom. The van der Waals surface area contributed by atoms with Gasteiger partial charge in [-0.1, -0.05) is 48.0 Å². The fourth-order valence-electron chi connectivity index (χ4n) is 1.69. The molecule has 0 saturated heterocycles. The third-order valence-electron chi connectivity index (χ3n) is 2.64. The molecule has 0 aliphatic rings. The van der Waals surface area contributed by atoms with Crippen molar-refractivity contribution < 1.29 is 14.7 Å². The molecule has 0 heterocycles. The molecule has 1 atom stereocenters. The summed E-state index contributed by atoms with van der Waals surface area (Å²) in [6, 6.07) is 6.62. The molecule has 1 aromatic rings. The van der Waals surface area contributed by atoms with E-state index < -0.39 is 17.9 Å². The SMILES string of the molecule is CC(C)CC(NC(=O)/C=C/c1ccccc1Br)C(=O)O. The monoisotopic (exact) mass is 339 g/mol. The van der Waals surface area contributed by atoms with Gasteiger partial charge in [0.2, 0.25) is 5.91 Å². The molecule has 0 fully saturated rings. The minimum atomic E-state index is -1.01. The number of hydrogen-bond donors (Lipinski definition) is 2. The van der Waals surface area contributed by atoms with E-state index in [4.69, 9.17) is 5.11 Å². The fraction of sp³-hybridized carbons (Fsp3) is 0.333. The van der Waals surface area contributed by atoms with Gasteiger partial charge in [-0.25, -0.2) is 4.79 Å². The molecular formula is C15H18BrNO3. The molecule has 1 rings (SSSR count). The predicted octanol–water partition coefficient (Wildman–Crippen LogP) is 3.08. The van der Waals surface area contributed by atoms with E-state index in [0.29, 0.717) is 6.42 Å². The molecule has 2 N–H and O–H groups in total. The van der Waals surface area contributed by atoms with Gasteiger partial charge in [0.15, 0.2) is 0 Å². The number of carbonyl (C=O) groups excluding carboxylic acids is 1. The van der Waals surface area contributed by atoms with Gasteiger partial charge in [0.25, 0.3) is 0 Å². The van der Waals surface area contributed by atoms with E-state index in [2.05, 4.69) is 21.2 Å². The Kier molecular flexibility index (Phi) is 6.45. The zero-order valence-corrected chi connectivity index (χ0v) is 13.1. The molecule has 20 heavy (non-hydrogen) atoms. The molecule has 1 unspecified atom stereocenters. The van der Waals surface area contributed by atoms with Crippen LogP contribution in [-0.2, 0) is 9.59 Å². The third kappa shape index (κ3) is 5.57. The lowest BCUT2D eigenvalue weighted by molar-refractivity contribution is -0.141. The maximum atomic E-state index is 11.7. The first-order chi connectivity index (χ1) is 9.40. The van der Waals surface area contributed by atoms with Gasteiger partial charge in [0.05, 0.1) is 0 Å². The number of carboxylic acid groups (broad SMARTS) is 1. The van der Waals surface area contributed by atoms with Crippen LogP contribution in [0.25, 0.3) is 6.08 Å². The van der Waals surface area contributed by atoms with Gasteiger partial charge in [-0.2, -0.15) is 0 Å². The molecule has 0 spiro atoms. The summed E-state index contributed by atoms with van der Waals surface area (Å²) in [7, 11) is 0. The Morgan fingerprint density at radius 1 is 1.35 bits per heavy atom. The van der Waals surface area contributed by atoms with Crippen molar-refractivity contribution in [2.75, 3.05) is 0 Å². The summed E-state index contributed by atoms with van der Waals surface area (Å²) in [5, 5.41) is 11.6. The molecule has 4 nitrogen and oxygen atoms in total. The average molecular weight is 340 g/mol. The van der Waals surface area contributed by atoms with Crippen molar-refractivity contribution in [2.24, 2.45) is 5.92 Å². The fourth-order valence-corrected chi connectivity index (χ4v) is 2.11. The van der Waals surface area contributed by atoms with Gasteiger partial charge in [-0.3, -0.25) is 4.79 Å². The van der Waals surface area contributed by atoms with Crippen LogP contribution in [0.1, 0.15) is 25.8 Å². The quantitative estimate of drug-likeness (QED) is 0.782. The standard InChI is InChI=1S/C15H18BrNO3/c1-10(2)9-13(15(19)20)17-14(18)8-7-11-5-3-4-6-12(11)16/h3-8,10,13H,9H2,1-2H3,(H,17,18)(H,19,20)/b8-7+. The molecular weight excluding hydrogens is 322 g/mol. The Morgan fingerprint density at radius 3 is 2.55 bits per heavy atom. The summed E-state index contributed by atoms with van der Waals surface area (Å²) in [5.74, 6) is -1.22. The first-order valence-electron chi connectivity index (χ1n) is 6.36. The zero-order chi connectivity index (χ0) is 15.1. The lowest BCUT2D eigenvalue weighted by Gasteiger charge is -2.15. The van der Waals surface area contributed by atoms with Crippen molar-refractivity contribution in [3.8, 4) is 0 Å². The van der Waals surface area contributed by atoms with E-state index in [-0.39, 0.29) is 5.92 Å². The third-order valence-corrected chi connectivity index (χ3v) is 3.36. The van der Waals surface area contributed by atoms with Gasteiger partial charge in [0.1, 0.15) is 6.04 Å². The van der Waals surface area contributed by atoms with E-state index in [0.717, 1.165) is 10.0 Å². The van der Waals surface area contributed by atoms with Gasteiger partial charge in [-0.15, -0.1) is 0 Å². The van der Waals surface area contributed by atoms with Gasteiger partial charge in [0, 0.05) is 10.5 Å². The van der Waals surface area contributed by atoms with E-state index in [1.807, 2.05) is 38.1 Å². The van der Waals surface area contributed by atoms with Crippen molar-refractivity contribution in [1.29, 1.82) is 0 Å².